The average Bonchev–Trinajstić information content (AvgIpc) is 2.56. The summed E-state index contributed by atoms with van der Waals surface area (Å²) in [6.07, 6.45) is 2.30. The van der Waals surface area contributed by atoms with Crippen LogP contribution in [0.5, 0.6) is 0 Å². The number of ether oxygens (including phenoxy) is 2. The van der Waals surface area contributed by atoms with Crippen LogP contribution in [0.2, 0.25) is 0 Å². The second-order valence-corrected chi connectivity index (χ2v) is 4.92. The normalized spacial score (nSPS) is 17.1. The van der Waals surface area contributed by atoms with Crippen molar-refractivity contribution < 1.29 is 35.8 Å². The maximum absolute atomic E-state index is 12.7. The van der Waals surface area contributed by atoms with Crippen LogP contribution in [0.15, 0.2) is 71.2 Å². The van der Waals surface area contributed by atoms with Crippen molar-refractivity contribution in [2.45, 2.75) is 25.7 Å². The molecule has 0 aliphatic heterocycles. The maximum Gasteiger partial charge on any atom is 0.344 e. The second-order valence-electron chi connectivity index (χ2n) is 4.92. The Morgan fingerprint density at radius 2 is 0.958 bits per heavy atom. The van der Waals surface area contributed by atoms with Crippen molar-refractivity contribution in [3.05, 3.63) is 71.2 Å². The quantitative estimate of drug-likeness (QED) is 0.428. The first-order valence-corrected chi connectivity index (χ1v) is 6.94. The van der Waals surface area contributed by atoms with Crippen molar-refractivity contribution in [3.8, 4) is 0 Å². The summed E-state index contributed by atoms with van der Waals surface area (Å²) in [6.45, 7) is 0. The molecule has 2 nitrogen and oxygen atoms in total. The van der Waals surface area contributed by atoms with E-state index in [2.05, 4.69) is 9.47 Å². The lowest BCUT2D eigenvalue weighted by Crippen LogP contribution is -2.03. The third kappa shape index (κ3) is 4.81. The highest BCUT2D eigenvalue weighted by Crippen LogP contribution is 2.32. The lowest BCUT2D eigenvalue weighted by Gasteiger charge is -2.19. The summed E-state index contributed by atoms with van der Waals surface area (Å²) in [5, 5.41) is 0. The summed E-state index contributed by atoms with van der Waals surface area (Å²) in [4.78, 5) is 0. The highest BCUT2D eigenvalue weighted by Gasteiger charge is 2.18. The fourth-order valence-electron chi connectivity index (χ4n) is 2.25. The van der Waals surface area contributed by atoms with Crippen LogP contribution in [0.25, 0.3) is 0 Å². The Morgan fingerprint density at radius 3 is 1.21 bits per heavy atom. The zero-order valence-electron chi connectivity index (χ0n) is 12.2. The van der Waals surface area contributed by atoms with E-state index >= 15 is 0 Å². The van der Waals surface area contributed by atoms with Gasteiger partial charge in [-0.15, -0.1) is 0 Å². The van der Waals surface area contributed by atoms with Crippen molar-refractivity contribution in [3.63, 3.8) is 0 Å². The summed E-state index contributed by atoms with van der Waals surface area (Å²) >= 11 is 0. The molecule has 0 aromatic carbocycles. The minimum atomic E-state index is -2.52. The lowest BCUT2D eigenvalue weighted by molar-refractivity contribution is 0.168. The highest BCUT2D eigenvalue weighted by atomic mass is 19.3. The van der Waals surface area contributed by atoms with Gasteiger partial charge in [-0.3, -0.25) is 0 Å². The van der Waals surface area contributed by atoms with Crippen molar-refractivity contribution in [2.75, 3.05) is 0 Å². The van der Waals surface area contributed by atoms with Gasteiger partial charge < -0.3 is 9.47 Å². The van der Waals surface area contributed by atoms with E-state index in [0.717, 1.165) is 11.1 Å². The zero-order chi connectivity index (χ0) is 17.7. The third-order valence-corrected chi connectivity index (χ3v) is 3.37. The summed E-state index contributed by atoms with van der Waals surface area (Å²) in [7, 11) is 0. The van der Waals surface area contributed by atoms with E-state index in [4.69, 9.17) is 0 Å². The van der Waals surface area contributed by atoms with Gasteiger partial charge in [0.1, 0.15) is 11.5 Å². The molecule has 2 aliphatic carbocycles. The predicted octanol–water partition coefficient (Wildman–Crippen LogP) is 6.30. The van der Waals surface area contributed by atoms with Crippen molar-refractivity contribution in [2.24, 2.45) is 0 Å². The van der Waals surface area contributed by atoms with Crippen LogP contribution in [-0.2, 0) is 9.47 Å². The van der Waals surface area contributed by atoms with Crippen LogP contribution >= 0.6 is 0 Å². The van der Waals surface area contributed by atoms with Crippen LogP contribution in [0.1, 0.15) is 25.7 Å². The van der Waals surface area contributed by atoms with Gasteiger partial charge in [0.05, 0.1) is 0 Å². The van der Waals surface area contributed by atoms with Crippen molar-refractivity contribution in [1.29, 1.82) is 0 Å². The number of hydrogen-bond acceptors (Lipinski definition) is 2. The molecule has 0 heterocycles. The Labute approximate surface area is 133 Å². The van der Waals surface area contributed by atoms with E-state index in [1.165, 1.54) is 12.2 Å². The minimum absolute atomic E-state index is 0.0747. The first-order chi connectivity index (χ1) is 11.4. The van der Waals surface area contributed by atoms with Crippen LogP contribution in [0.4, 0.5) is 26.3 Å². The van der Waals surface area contributed by atoms with Gasteiger partial charge >= 0.3 is 24.2 Å². The van der Waals surface area contributed by atoms with Gasteiger partial charge in [0.15, 0.2) is 0 Å². The molecule has 0 amide bonds. The number of halogens is 6. The van der Waals surface area contributed by atoms with E-state index in [0.29, 0.717) is 12.8 Å². The Kier molecular flexibility index (Phi) is 5.94. The smallest absolute Gasteiger partial charge is 0.344 e. The standard InChI is InChI=1S/C16H12F6O2/c17-13(18)15(21)23-11-5-1-9(2-6-11)10-3-7-12(8-4-10)24-16(22)14(19)20/h1,3,5,7H,2,4,6,8H2. The van der Waals surface area contributed by atoms with Gasteiger partial charge in [-0.25, -0.2) is 0 Å². The molecule has 0 spiro atoms. The molecule has 0 unspecified atom stereocenters. The van der Waals surface area contributed by atoms with E-state index in [9.17, 15) is 26.3 Å². The van der Waals surface area contributed by atoms with Gasteiger partial charge in [-0.2, -0.15) is 26.3 Å². The Balaban J connectivity index is 2.04. The van der Waals surface area contributed by atoms with E-state index in [1.807, 2.05) is 0 Å². The lowest BCUT2D eigenvalue weighted by atomic mass is 9.90. The zero-order valence-corrected chi connectivity index (χ0v) is 12.2. The van der Waals surface area contributed by atoms with Gasteiger partial charge in [0.2, 0.25) is 0 Å². The first-order valence-electron chi connectivity index (χ1n) is 6.94. The number of allylic oxidation sites excluding steroid dienone is 8. The maximum atomic E-state index is 12.7. The van der Waals surface area contributed by atoms with E-state index in [-0.39, 0.29) is 24.4 Å². The summed E-state index contributed by atoms with van der Waals surface area (Å²) < 4.78 is 82.0. The topological polar surface area (TPSA) is 18.5 Å². The highest BCUT2D eigenvalue weighted by molar-refractivity contribution is 5.41. The number of rotatable bonds is 5. The van der Waals surface area contributed by atoms with Crippen LogP contribution in [0, 0.1) is 0 Å². The first kappa shape index (κ1) is 18.0. The molecular formula is C16H12F6O2. The summed E-state index contributed by atoms with van der Waals surface area (Å²) in [5.41, 5.74) is 1.74. The molecule has 0 saturated carbocycles. The fourth-order valence-corrected chi connectivity index (χ4v) is 2.25. The predicted molar refractivity (Wildman–Crippen MR) is 73.7 cm³/mol. The third-order valence-electron chi connectivity index (χ3n) is 3.37. The summed E-state index contributed by atoms with van der Waals surface area (Å²) in [6, 6.07) is -3.84. The molecule has 0 saturated heterocycles. The Bertz CT molecular complexity index is 629. The molecule has 0 bridgehead atoms. The van der Waals surface area contributed by atoms with Gasteiger partial charge in [0, 0.05) is 12.8 Å². The molecule has 8 heteroatoms. The molecular weight excluding hydrogens is 338 g/mol. The SMILES string of the molecule is FC(F)=C(F)OC1=CC=C(C2=CC=C(OC(F)=C(F)F)CC2)CC1. The molecule has 0 radical (unpaired) electrons. The second kappa shape index (κ2) is 7.94. The monoisotopic (exact) mass is 350 g/mol. The van der Waals surface area contributed by atoms with E-state index < -0.39 is 24.2 Å². The molecule has 0 N–H and O–H groups in total. The molecule has 0 aromatic rings. The van der Waals surface area contributed by atoms with Crippen molar-refractivity contribution >= 4 is 0 Å². The molecule has 0 atom stereocenters. The van der Waals surface area contributed by atoms with E-state index in [1.54, 1.807) is 12.2 Å². The average molecular weight is 350 g/mol. The Morgan fingerprint density at radius 1 is 0.583 bits per heavy atom. The molecule has 0 aromatic heterocycles. The molecule has 130 valence electrons. The molecule has 0 fully saturated rings. The van der Waals surface area contributed by atoms with Crippen LogP contribution < -0.4 is 0 Å². The largest absolute Gasteiger partial charge is 0.432 e. The summed E-state index contributed by atoms with van der Waals surface area (Å²) in [5.74, 6) is 0.149. The Hall–Kier alpha value is -2.38. The molecule has 24 heavy (non-hydrogen) atoms. The van der Waals surface area contributed by atoms with Crippen molar-refractivity contribution in [1.82, 2.24) is 0 Å². The van der Waals surface area contributed by atoms with Gasteiger partial charge in [-0.1, -0.05) is 12.2 Å². The number of hydrogen-bond donors (Lipinski definition) is 0. The van der Waals surface area contributed by atoms with Crippen LogP contribution in [0.3, 0.4) is 0 Å². The molecule has 2 rings (SSSR count). The van der Waals surface area contributed by atoms with Crippen LogP contribution in [-0.4, -0.2) is 0 Å². The van der Waals surface area contributed by atoms with Gasteiger partial charge in [-0.05, 0) is 36.1 Å². The van der Waals surface area contributed by atoms with Gasteiger partial charge in [0.25, 0.3) is 0 Å². The minimum Gasteiger partial charge on any atom is -0.432 e. The fraction of sp³-hybridized carbons (Fsp3) is 0.250. The molecule has 2 aliphatic rings.